The zero-order valence-electron chi connectivity index (χ0n) is 22.8. The Hall–Kier alpha value is -1.95. The Morgan fingerprint density at radius 1 is 0.657 bits per heavy atom. The lowest BCUT2D eigenvalue weighted by molar-refractivity contribution is -0.209. The lowest BCUT2D eigenvalue weighted by Crippen LogP contribution is -2.13. The van der Waals surface area contributed by atoms with Gasteiger partial charge in [0.1, 0.15) is 5.56 Å². The average molecular weight is 495 g/mol. The van der Waals surface area contributed by atoms with Gasteiger partial charge in [0.15, 0.2) is 11.5 Å². The molecule has 0 saturated heterocycles. The van der Waals surface area contributed by atoms with Crippen LogP contribution in [0.25, 0.3) is 0 Å². The fourth-order valence-corrected chi connectivity index (χ4v) is 4.28. The Kier molecular flexibility index (Phi) is 17.1. The molecule has 0 aromatic heterocycles. The number of ether oxygens (including phenoxy) is 1. The van der Waals surface area contributed by atoms with Gasteiger partial charge in [-0.2, -0.15) is 4.89 Å². The number of aromatic hydroxyl groups is 1. The van der Waals surface area contributed by atoms with E-state index in [0.717, 1.165) is 95.5 Å². The molecule has 35 heavy (non-hydrogen) atoms. The van der Waals surface area contributed by atoms with Crippen molar-refractivity contribution in [3.63, 3.8) is 0 Å². The highest BCUT2D eigenvalue weighted by atomic mass is 17.2. The minimum atomic E-state index is -1.15. The monoisotopic (exact) mass is 494 g/mol. The third-order valence-corrected chi connectivity index (χ3v) is 6.34. The third-order valence-electron chi connectivity index (χ3n) is 6.34. The van der Waals surface area contributed by atoms with Gasteiger partial charge in [0, 0.05) is 5.56 Å². The Morgan fingerprint density at radius 2 is 1.17 bits per heavy atom. The predicted molar refractivity (Wildman–Crippen MR) is 142 cm³/mol. The van der Waals surface area contributed by atoms with Gasteiger partial charge < -0.3 is 19.8 Å². The summed E-state index contributed by atoms with van der Waals surface area (Å²) in [5.41, 5.74) is 1.46. The highest BCUT2D eigenvalue weighted by molar-refractivity contribution is 5.95. The topological polar surface area (TPSA) is 85.2 Å². The molecular formula is C29H50O6. The van der Waals surface area contributed by atoms with Crippen molar-refractivity contribution in [1.82, 2.24) is 0 Å². The maximum atomic E-state index is 12.3. The van der Waals surface area contributed by atoms with Crippen LogP contribution in [0.5, 0.6) is 17.2 Å². The van der Waals surface area contributed by atoms with E-state index in [0.29, 0.717) is 37.4 Å². The highest BCUT2D eigenvalue weighted by Gasteiger charge is 2.30. The molecule has 1 rings (SSSR count). The zero-order chi connectivity index (χ0) is 25.9. The van der Waals surface area contributed by atoms with Crippen molar-refractivity contribution in [2.45, 2.75) is 130 Å². The summed E-state index contributed by atoms with van der Waals surface area (Å²) in [6.07, 6.45) is 15.6. The van der Waals surface area contributed by atoms with Crippen LogP contribution in [0.1, 0.15) is 139 Å². The van der Waals surface area contributed by atoms with E-state index in [1.165, 1.54) is 0 Å². The average Bonchev–Trinajstić information content (AvgIpc) is 2.83. The molecule has 0 aliphatic carbocycles. The number of rotatable bonds is 22. The fourth-order valence-electron chi connectivity index (χ4n) is 4.28. The molecule has 0 fully saturated rings. The maximum absolute atomic E-state index is 12.3. The Morgan fingerprint density at radius 3 is 1.71 bits per heavy atom. The van der Waals surface area contributed by atoms with Gasteiger partial charge in [0.25, 0.3) is 0 Å². The van der Waals surface area contributed by atoms with Gasteiger partial charge in [-0.1, -0.05) is 91.9 Å². The fraction of sp³-hybridized carbons (Fsp3) is 0.759. The lowest BCUT2D eigenvalue weighted by atomic mass is 9.90. The second-order valence-electron chi connectivity index (χ2n) is 9.43. The van der Waals surface area contributed by atoms with Crippen molar-refractivity contribution in [1.29, 1.82) is 0 Å². The number of carbonyl (C=O) groups is 1. The van der Waals surface area contributed by atoms with Crippen LogP contribution in [0.2, 0.25) is 0 Å². The molecule has 0 unspecified atom stereocenters. The summed E-state index contributed by atoms with van der Waals surface area (Å²) in [7, 11) is 0. The van der Waals surface area contributed by atoms with Gasteiger partial charge in [-0.25, -0.2) is 4.79 Å². The van der Waals surface area contributed by atoms with Crippen molar-refractivity contribution in [2.24, 2.45) is 0 Å². The Bertz CT molecular complexity index is 716. The van der Waals surface area contributed by atoms with E-state index in [2.05, 4.69) is 27.7 Å². The van der Waals surface area contributed by atoms with Gasteiger partial charge >= 0.3 is 5.97 Å². The smallest absolute Gasteiger partial charge is 0.339 e. The number of unbranched alkanes of at least 4 members (excludes halogenated alkanes) is 10. The SMILES string of the molecule is CCCCCCOOc1c(O)c(C(=O)O)c(CCCCC)c(CCCCC)c1OCCCCCC. The van der Waals surface area contributed by atoms with E-state index in [4.69, 9.17) is 14.5 Å². The summed E-state index contributed by atoms with van der Waals surface area (Å²) >= 11 is 0. The van der Waals surface area contributed by atoms with Crippen LogP contribution in [0, 0.1) is 0 Å². The number of aromatic carboxylic acids is 1. The Labute approximate surface area is 213 Å². The summed E-state index contributed by atoms with van der Waals surface area (Å²) < 4.78 is 6.25. The predicted octanol–water partition coefficient (Wildman–Crippen LogP) is 8.41. The van der Waals surface area contributed by atoms with Crippen LogP contribution < -0.4 is 9.62 Å². The van der Waals surface area contributed by atoms with E-state index in [1.807, 2.05) is 0 Å². The van der Waals surface area contributed by atoms with E-state index in [1.54, 1.807) is 0 Å². The van der Waals surface area contributed by atoms with Gasteiger partial charge in [-0.05, 0) is 44.1 Å². The standard InChI is InChI=1S/C29H50O6/c1-5-9-13-17-21-33-27-24(20-16-12-8-4)23(19-15-11-7-3)25(29(31)32)26(30)28(27)35-34-22-18-14-10-6-2/h30H,5-22H2,1-4H3,(H,31,32). The van der Waals surface area contributed by atoms with Crippen LogP contribution in [0.3, 0.4) is 0 Å². The summed E-state index contributed by atoms with van der Waals surface area (Å²) in [6.45, 7) is 9.46. The first kappa shape index (κ1) is 31.1. The number of benzene rings is 1. The van der Waals surface area contributed by atoms with Gasteiger partial charge in [0.05, 0.1) is 13.2 Å². The van der Waals surface area contributed by atoms with Crippen LogP contribution in [0.15, 0.2) is 0 Å². The molecule has 0 heterocycles. The lowest BCUT2D eigenvalue weighted by Gasteiger charge is -2.22. The minimum absolute atomic E-state index is 0.0131. The number of hydrogen-bond donors (Lipinski definition) is 2. The molecule has 2 N–H and O–H groups in total. The highest BCUT2D eigenvalue weighted by Crippen LogP contribution is 2.46. The molecule has 202 valence electrons. The van der Waals surface area contributed by atoms with Crippen LogP contribution >= 0.6 is 0 Å². The molecule has 0 atom stereocenters. The largest absolute Gasteiger partial charge is 0.503 e. The first-order valence-electron chi connectivity index (χ1n) is 14.1. The molecule has 1 aromatic rings. The Balaban J connectivity index is 3.39. The van der Waals surface area contributed by atoms with Gasteiger partial charge in [0.2, 0.25) is 5.75 Å². The van der Waals surface area contributed by atoms with E-state index >= 15 is 0 Å². The second kappa shape index (κ2) is 19.3. The molecule has 0 amide bonds. The molecular weight excluding hydrogens is 444 g/mol. The minimum Gasteiger partial charge on any atom is -0.503 e. The van der Waals surface area contributed by atoms with Crippen LogP contribution in [-0.2, 0) is 17.7 Å². The van der Waals surface area contributed by atoms with Crippen molar-refractivity contribution >= 4 is 5.97 Å². The van der Waals surface area contributed by atoms with Crippen LogP contribution in [-0.4, -0.2) is 29.4 Å². The summed E-state index contributed by atoms with van der Waals surface area (Å²) in [4.78, 5) is 23.4. The van der Waals surface area contributed by atoms with Crippen molar-refractivity contribution in [3.05, 3.63) is 16.7 Å². The van der Waals surface area contributed by atoms with E-state index in [9.17, 15) is 15.0 Å². The number of carboxylic acids is 1. The van der Waals surface area contributed by atoms with Gasteiger partial charge in [-0.3, -0.25) is 0 Å². The van der Waals surface area contributed by atoms with E-state index in [-0.39, 0.29) is 17.1 Å². The first-order valence-corrected chi connectivity index (χ1v) is 14.1. The normalized spacial score (nSPS) is 11.1. The first-order chi connectivity index (χ1) is 17.0. The number of hydrogen-bond acceptors (Lipinski definition) is 5. The molecule has 0 aliphatic heterocycles. The van der Waals surface area contributed by atoms with Gasteiger partial charge in [-0.15, -0.1) is 0 Å². The summed E-state index contributed by atoms with van der Waals surface area (Å²) in [6, 6.07) is 0. The number of carboxylic acid groups (broad SMARTS) is 1. The molecule has 0 spiro atoms. The molecule has 6 nitrogen and oxygen atoms in total. The van der Waals surface area contributed by atoms with Crippen molar-refractivity contribution < 1.29 is 29.5 Å². The molecule has 0 bridgehead atoms. The summed E-state index contributed by atoms with van der Waals surface area (Å²) in [5, 5.41) is 21.1. The van der Waals surface area contributed by atoms with E-state index < -0.39 is 5.97 Å². The molecule has 0 saturated carbocycles. The van der Waals surface area contributed by atoms with Crippen LogP contribution in [0.4, 0.5) is 0 Å². The van der Waals surface area contributed by atoms with Crippen molar-refractivity contribution in [3.8, 4) is 17.2 Å². The number of phenols is 1. The van der Waals surface area contributed by atoms with Crippen molar-refractivity contribution in [2.75, 3.05) is 13.2 Å². The molecule has 0 radical (unpaired) electrons. The zero-order valence-corrected chi connectivity index (χ0v) is 22.8. The molecule has 1 aromatic carbocycles. The maximum Gasteiger partial charge on any atom is 0.339 e. The molecule has 0 aliphatic rings. The summed E-state index contributed by atoms with van der Waals surface area (Å²) in [5.74, 6) is -1.06. The quantitative estimate of drug-likeness (QED) is 0.0956. The third kappa shape index (κ3) is 11.1. The second-order valence-corrected chi connectivity index (χ2v) is 9.43. The molecule has 6 heteroatoms.